The number of amides is 1. The zero-order valence-electron chi connectivity index (χ0n) is 21.5. The predicted octanol–water partition coefficient (Wildman–Crippen LogP) is 5.20. The van der Waals surface area contributed by atoms with Gasteiger partial charge in [-0.05, 0) is 70.7 Å². The van der Waals surface area contributed by atoms with Crippen molar-refractivity contribution in [2.75, 3.05) is 0 Å². The van der Waals surface area contributed by atoms with E-state index in [4.69, 9.17) is 0 Å². The fraction of sp³-hybridized carbons (Fsp3) is 0.500. The van der Waals surface area contributed by atoms with E-state index >= 15 is 0 Å². The highest BCUT2D eigenvalue weighted by Gasteiger charge is 2.49. The summed E-state index contributed by atoms with van der Waals surface area (Å²) in [6.07, 6.45) is -9.64. The summed E-state index contributed by atoms with van der Waals surface area (Å²) in [4.78, 5) is 14.5. The van der Waals surface area contributed by atoms with Crippen LogP contribution in [0.25, 0.3) is 0 Å². The molecule has 0 aliphatic heterocycles. The molecule has 0 saturated heterocycles. The molecular formula is C24H25F7N2O5S2. The number of halogens is 7. The van der Waals surface area contributed by atoms with Crippen LogP contribution in [0.3, 0.4) is 0 Å². The Hall–Kier alpha value is -2.75. The highest BCUT2D eigenvalue weighted by atomic mass is 32.2. The van der Waals surface area contributed by atoms with Crippen molar-refractivity contribution in [1.82, 2.24) is 10.3 Å². The normalized spacial score (nSPS) is 18.9. The molecule has 0 unspecified atom stereocenters. The van der Waals surface area contributed by atoms with Gasteiger partial charge in [-0.3, -0.25) is 4.79 Å². The molecule has 1 N–H and O–H groups in total. The number of nitrogens with zero attached hydrogens (tertiary/aromatic N) is 1. The summed E-state index contributed by atoms with van der Waals surface area (Å²) < 4.78 is 143. The Morgan fingerprint density at radius 3 is 1.98 bits per heavy atom. The molecule has 1 heterocycles. The first-order chi connectivity index (χ1) is 18.0. The van der Waals surface area contributed by atoms with Gasteiger partial charge in [0.15, 0.2) is 19.7 Å². The Labute approximate surface area is 226 Å². The van der Waals surface area contributed by atoms with Crippen LogP contribution in [0.2, 0.25) is 0 Å². The summed E-state index contributed by atoms with van der Waals surface area (Å²) >= 11 is 0. The maximum Gasteiger partial charge on any atom is 0.417 e. The van der Waals surface area contributed by atoms with Crippen LogP contribution in [-0.2, 0) is 32.0 Å². The van der Waals surface area contributed by atoms with Crippen LogP contribution < -0.4 is 5.32 Å². The van der Waals surface area contributed by atoms with Gasteiger partial charge in [0.25, 0.3) is 5.91 Å². The van der Waals surface area contributed by atoms with E-state index in [1.807, 2.05) is 0 Å². The molecule has 0 atom stereocenters. The minimum Gasteiger partial charge on any atom is -0.348 e. The zero-order valence-corrected chi connectivity index (χ0v) is 23.1. The molecular weight excluding hydrogens is 593 g/mol. The van der Waals surface area contributed by atoms with Crippen LogP contribution in [0.15, 0.2) is 40.3 Å². The highest BCUT2D eigenvalue weighted by molar-refractivity contribution is 7.93. The van der Waals surface area contributed by atoms with Gasteiger partial charge in [-0.15, -0.1) is 0 Å². The summed E-state index contributed by atoms with van der Waals surface area (Å²) in [5.41, 5.74) is -3.61. The lowest BCUT2D eigenvalue weighted by Crippen LogP contribution is -2.53. The number of alkyl halides is 6. The fourth-order valence-electron chi connectivity index (χ4n) is 4.20. The zero-order chi connectivity index (χ0) is 30.6. The maximum absolute atomic E-state index is 13.9. The van der Waals surface area contributed by atoms with Crippen LogP contribution in [-0.4, -0.2) is 43.8 Å². The van der Waals surface area contributed by atoms with Crippen molar-refractivity contribution in [2.45, 2.75) is 78.7 Å². The molecule has 1 fully saturated rings. The van der Waals surface area contributed by atoms with E-state index in [0.717, 1.165) is 0 Å². The smallest absolute Gasteiger partial charge is 0.348 e. The number of sulfone groups is 2. The monoisotopic (exact) mass is 618 g/mol. The van der Waals surface area contributed by atoms with Gasteiger partial charge in [-0.2, -0.15) is 26.3 Å². The summed E-state index contributed by atoms with van der Waals surface area (Å²) in [5.74, 6) is -3.21. The number of carbonyl (C=O) groups is 1. The third-order valence-electron chi connectivity index (χ3n) is 6.98. The Morgan fingerprint density at radius 2 is 1.48 bits per heavy atom. The van der Waals surface area contributed by atoms with Gasteiger partial charge in [-0.25, -0.2) is 26.2 Å². The molecule has 1 aromatic carbocycles. The van der Waals surface area contributed by atoms with Crippen molar-refractivity contribution in [3.05, 3.63) is 53.1 Å². The second kappa shape index (κ2) is 10.3. The minimum absolute atomic E-state index is 0.0215. The Bertz CT molecular complexity index is 1530. The van der Waals surface area contributed by atoms with Crippen LogP contribution >= 0.6 is 0 Å². The second-order valence-electron chi connectivity index (χ2n) is 10.3. The average Bonchev–Trinajstić information content (AvgIpc) is 2.78. The van der Waals surface area contributed by atoms with Crippen LogP contribution in [0, 0.1) is 11.7 Å². The van der Waals surface area contributed by atoms with Gasteiger partial charge >= 0.3 is 12.4 Å². The second-order valence-corrected chi connectivity index (χ2v) is 15.3. The van der Waals surface area contributed by atoms with E-state index in [0.29, 0.717) is 24.4 Å². The van der Waals surface area contributed by atoms with E-state index in [9.17, 15) is 52.4 Å². The van der Waals surface area contributed by atoms with Crippen LogP contribution in [0.4, 0.5) is 30.7 Å². The first-order valence-electron chi connectivity index (χ1n) is 11.7. The number of rotatable bonds is 7. The van der Waals surface area contributed by atoms with Crippen LogP contribution in [0.1, 0.15) is 62.2 Å². The van der Waals surface area contributed by atoms with Gasteiger partial charge in [-0.1, -0.05) is 0 Å². The van der Waals surface area contributed by atoms with Gasteiger partial charge in [0.2, 0.25) is 0 Å². The number of carbonyl (C=O) groups excluding carboxylic acids is 1. The lowest BCUT2D eigenvalue weighted by molar-refractivity contribution is -0.138. The van der Waals surface area contributed by atoms with Crippen molar-refractivity contribution in [3.63, 3.8) is 0 Å². The topological polar surface area (TPSA) is 110 Å². The van der Waals surface area contributed by atoms with Gasteiger partial charge in [0.05, 0.1) is 30.9 Å². The maximum atomic E-state index is 13.9. The lowest BCUT2D eigenvalue weighted by Gasteiger charge is -2.45. The number of benzene rings is 1. The van der Waals surface area contributed by atoms with Crippen LogP contribution in [0.5, 0.6) is 0 Å². The molecule has 40 heavy (non-hydrogen) atoms. The fourth-order valence-corrected chi connectivity index (χ4v) is 7.21. The van der Waals surface area contributed by atoms with E-state index in [2.05, 4.69) is 10.3 Å². The Morgan fingerprint density at radius 1 is 0.925 bits per heavy atom. The van der Waals surface area contributed by atoms with Gasteiger partial charge in [0.1, 0.15) is 11.5 Å². The Balaban J connectivity index is 1.83. The molecule has 0 spiro atoms. The van der Waals surface area contributed by atoms with Crippen molar-refractivity contribution in [1.29, 1.82) is 0 Å². The van der Waals surface area contributed by atoms with E-state index < -0.39 is 92.3 Å². The first kappa shape index (κ1) is 31.8. The molecule has 3 rings (SSSR count). The molecule has 1 aliphatic rings. The van der Waals surface area contributed by atoms with Crippen molar-refractivity contribution in [2.24, 2.45) is 5.92 Å². The largest absolute Gasteiger partial charge is 0.417 e. The highest BCUT2D eigenvalue weighted by Crippen LogP contribution is 2.44. The molecule has 222 valence electrons. The number of nitrogens with one attached hydrogen (secondary N) is 1. The molecule has 1 amide bonds. The summed E-state index contributed by atoms with van der Waals surface area (Å²) in [5, 5.41) is 1.25. The summed E-state index contributed by atoms with van der Waals surface area (Å²) in [7, 11) is -8.89. The average molecular weight is 619 g/mol. The lowest BCUT2D eigenvalue weighted by atomic mass is 9.73. The first-order valence-corrected chi connectivity index (χ1v) is 14.8. The molecule has 0 bridgehead atoms. The van der Waals surface area contributed by atoms with Crippen molar-refractivity contribution in [3.8, 4) is 0 Å². The quantitative estimate of drug-likeness (QED) is 0.428. The van der Waals surface area contributed by atoms with E-state index in [-0.39, 0.29) is 18.9 Å². The van der Waals surface area contributed by atoms with E-state index in [1.54, 1.807) is 0 Å². The van der Waals surface area contributed by atoms with E-state index in [1.165, 1.54) is 27.7 Å². The molecule has 2 aromatic rings. The SMILES string of the molecule is CC(C)S(=O)(=O)c1cc(C(F)(F)F)cnc1C(=O)N[C@H]1C[C@H](C(C)(C)S(=O)(=O)c2cc(F)cc(C(F)(F)F)c2)C1. The minimum atomic E-state index is -4.99. The molecule has 7 nitrogen and oxygen atoms in total. The van der Waals surface area contributed by atoms with Gasteiger partial charge < -0.3 is 5.32 Å². The van der Waals surface area contributed by atoms with Gasteiger partial charge in [0, 0.05) is 12.2 Å². The molecule has 1 aromatic heterocycles. The number of aromatic nitrogens is 1. The standard InChI is InChI=1S/C24H25F7N2O5S2/c1-12(2)39(35,36)19-9-15(24(29,30)31)11-32-20(19)21(34)33-17-6-13(7-17)22(3,4)40(37,38)18-8-14(23(26,27)28)5-16(25)10-18/h5,8-13,17H,6-7H2,1-4H3,(H,33,34)/t13-,17-. The third kappa shape index (κ3) is 5.97. The molecule has 0 radical (unpaired) electrons. The number of hydrogen-bond donors (Lipinski definition) is 1. The predicted molar refractivity (Wildman–Crippen MR) is 128 cm³/mol. The summed E-state index contributed by atoms with van der Waals surface area (Å²) in [6.45, 7) is 4.92. The summed E-state index contributed by atoms with van der Waals surface area (Å²) in [6, 6.07) is 0.570. The number of hydrogen-bond acceptors (Lipinski definition) is 6. The van der Waals surface area contributed by atoms with Crippen molar-refractivity contribution < 1.29 is 52.4 Å². The number of pyridine rings is 1. The molecule has 1 aliphatic carbocycles. The molecule has 16 heteroatoms. The Kier molecular flexibility index (Phi) is 8.15. The third-order valence-corrected chi connectivity index (χ3v) is 11.7. The molecule has 1 saturated carbocycles. The van der Waals surface area contributed by atoms with Crippen molar-refractivity contribution >= 4 is 25.6 Å².